The number of nitrogens with one attached hydrogen (secondary N) is 1. The maximum atomic E-state index is 9.50. The molecule has 0 spiro atoms. The molecule has 0 bridgehead atoms. The summed E-state index contributed by atoms with van der Waals surface area (Å²) >= 11 is 0. The molecule has 0 radical (unpaired) electrons. The van der Waals surface area contributed by atoms with Crippen molar-refractivity contribution in [3.05, 3.63) is 11.4 Å². The smallest absolute Gasteiger partial charge is 0.134 e. The topological polar surface area (TPSA) is 84.1 Å². The Balaban J connectivity index is 2.04. The molecule has 1 saturated carbocycles. The van der Waals surface area contributed by atoms with Gasteiger partial charge in [0, 0.05) is 25.1 Å². The molecule has 5 nitrogen and oxygen atoms in total. The van der Waals surface area contributed by atoms with Gasteiger partial charge in [0.25, 0.3) is 0 Å². The minimum Gasteiger partial charge on any atom is -0.396 e. The average Bonchev–Trinajstić information content (AvgIpc) is 2.50. The number of nitrogens with two attached hydrogens (primary N) is 1. The van der Waals surface area contributed by atoms with E-state index in [4.69, 9.17) is 5.73 Å². The zero-order valence-electron chi connectivity index (χ0n) is 13.2. The Labute approximate surface area is 127 Å². The van der Waals surface area contributed by atoms with Crippen LogP contribution < -0.4 is 11.1 Å². The molecule has 4 N–H and O–H groups in total. The molecule has 1 aliphatic rings. The van der Waals surface area contributed by atoms with Crippen LogP contribution in [0.3, 0.4) is 0 Å². The molecule has 21 heavy (non-hydrogen) atoms. The van der Waals surface area contributed by atoms with Gasteiger partial charge in [0.15, 0.2) is 0 Å². The minimum absolute atomic E-state index is 0.290. The van der Waals surface area contributed by atoms with Crippen LogP contribution in [0, 0.1) is 18.8 Å². The molecule has 1 fully saturated rings. The van der Waals surface area contributed by atoms with Gasteiger partial charge in [0.1, 0.15) is 17.5 Å². The second-order valence-electron chi connectivity index (χ2n) is 6.12. The molecule has 1 heterocycles. The van der Waals surface area contributed by atoms with E-state index >= 15 is 0 Å². The summed E-state index contributed by atoms with van der Waals surface area (Å²) in [4.78, 5) is 8.93. The Hall–Kier alpha value is -1.36. The van der Waals surface area contributed by atoms with E-state index in [1.807, 2.05) is 6.92 Å². The van der Waals surface area contributed by atoms with Gasteiger partial charge in [-0.3, -0.25) is 0 Å². The Bertz CT molecular complexity index is 464. The summed E-state index contributed by atoms with van der Waals surface area (Å²) in [5, 5.41) is 12.9. The van der Waals surface area contributed by atoms with Crippen molar-refractivity contribution in [2.75, 3.05) is 24.2 Å². The molecule has 1 aromatic heterocycles. The maximum Gasteiger partial charge on any atom is 0.134 e. The average molecular weight is 292 g/mol. The Morgan fingerprint density at radius 3 is 2.62 bits per heavy atom. The summed E-state index contributed by atoms with van der Waals surface area (Å²) in [6.07, 6.45) is 6.67. The van der Waals surface area contributed by atoms with Gasteiger partial charge in [-0.1, -0.05) is 19.8 Å². The number of hydrogen-bond acceptors (Lipinski definition) is 5. The number of aliphatic hydroxyl groups is 1. The predicted octanol–water partition coefficient (Wildman–Crippen LogP) is 2.53. The summed E-state index contributed by atoms with van der Waals surface area (Å²) in [7, 11) is 0. The van der Waals surface area contributed by atoms with Crippen LogP contribution in [0.15, 0.2) is 0 Å². The number of rotatable bonds is 6. The molecule has 0 aliphatic heterocycles. The van der Waals surface area contributed by atoms with Crippen LogP contribution in [0.1, 0.15) is 50.4 Å². The maximum absolute atomic E-state index is 9.50. The molecule has 2 unspecified atom stereocenters. The molecule has 1 aliphatic carbocycles. The van der Waals surface area contributed by atoms with Crippen molar-refractivity contribution >= 4 is 11.6 Å². The van der Waals surface area contributed by atoms with E-state index in [1.165, 1.54) is 19.3 Å². The van der Waals surface area contributed by atoms with E-state index in [0.29, 0.717) is 24.3 Å². The molecule has 118 valence electrons. The highest BCUT2D eigenvalue weighted by Crippen LogP contribution is 2.30. The highest BCUT2D eigenvalue weighted by molar-refractivity contribution is 5.54. The van der Waals surface area contributed by atoms with Crippen molar-refractivity contribution < 1.29 is 5.11 Å². The number of hydrogen-bond donors (Lipinski definition) is 3. The summed E-state index contributed by atoms with van der Waals surface area (Å²) in [6.45, 7) is 5.21. The lowest BCUT2D eigenvalue weighted by molar-refractivity contribution is 0.141. The van der Waals surface area contributed by atoms with Crippen molar-refractivity contribution in [3.8, 4) is 0 Å². The summed E-state index contributed by atoms with van der Waals surface area (Å²) in [5.41, 5.74) is 6.91. The number of aryl methyl sites for hydroxylation is 1. The Kier molecular flexibility index (Phi) is 5.79. The number of aliphatic hydroxyl groups excluding tert-OH is 1. The zero-order chi connectivity index (χ0) is 15.2. The fourth-order valence-corrected chi connectivity index (χ4v) is 3.11. The van der Waals surface area contributed by atoms with E-state index in [0.717, 1.165) is 43.0 Å². The van der Waals surface area contributed by atoms with E-state index in [2.05, 4.69) is 22.2 Å². The van der Waals surface area contributed by atoms with E-state index in [9.17, 15) is 5.11 Å². The molecule has 0 amide bonds. The van der Waals surface area contributed by atoms with Gasteiger partial charge in [-0.15, -0.1) is 0 Å². The van der Waals surface area contributed by atoms with Crippen LogP contribution >= 0.6 is 0 Å². The van der Waals surface area contributed by atoms with Crippen molar-refractivity contribution in [1.29, 1.82) is 0 Å². The SMILES string of the molecule is CCCc1nc(N)c(C)c(NCC2CCCCC2CO)n1. The Morgan fingerprint density at radius 1 is 1.24 bits per heavy atom. The fourth-order valence-electron chi connectivity index (χ4n) is 3.11. The Morgan fingerprint density at radius 2 is 1.95 bits per heavy atom. The summed E-state index contributed by atoms with van der Waals surface area (Å²) in [6, 6.07) is 0. The van der Waals surface area contributed by atoms with Crippen LogP contribution in [-0.2, 0) is 6.42 Å². The molecule has 0 saturated heterocycles. The van der Waals surface area contributed by atoms with Crippen LogP contribution in [0.4, 0.5) is 11.6 Å². The third-order valence-electron chi connectivity index (χ3n) is 4.54. The quantitative estimate of drug-likeness (QED) is 0.750. The number of aromatic nitrogens is 2. The van der Waals surface area contributed by atoms with E-state index in [1.54, 1.807) is 0 Å². The van der Waals surface area contributed by atoms with Crippen molar-refractivity contribution in [2.24, 2.45) is 11.8 Å². The van der Waals surface area contributed by atoms with Crippen molar-refractivity contribution in [3.63, 3.8) is 0 Å². The molecule has 5 heteroatoms. The minimum atomic E-state index is 0.290. The fraction of sp³-hybridized carbons (Fsp3) is 0.750. The van der Waals surface area contributed by atoms with Crippen LogP contribution in [0.5, 0.6) is 0 Å². The first-order valence-electron chi connectivity index (χ1n) is 8.13. The van der Waals surface area contributed by atoms with Gasteiger partial charge in [-0.2, -0.15) is 0 Å². The van der Waals surface area contributed by atoms with Crippen molar-refractivity contribution in [1.82, 2.24) is 9.97 Å². The molecular weight excluding hydrogens is 264 g/mol. The van der Waals surface area contributed by atoms with Crippen LogP contribution in [0.25, 0.3) is 0 Å². The molecule has 1 aromatic rings. The van der Waals surface area contributed by atoms with Gasteiger partial charge in [0.2, 0.25) is 0 Å². The van der Waals surface area contributed by atoms with E-state index < -0.39 is 0 Å². The predicted molar refractivity (Wildman–Crippen MR) is 86.2 cm³/mol. The third-order valence-corrected chi connectivity index (χ3v) is 4.54. The molecular formula is C16H28N4O. The normalized spacial score (nSPS) is 22.2. The molecule has 0 aromatic carbocycles. The lowest BCUT2D eigenvalue weighted by Crippen LogP contribution is -2.29. The number of nitrogens with zero attached hydrogens (tertiary/aromatic N) is 2. The monoisotopic (exact) mass is 292 g/mol. The van der Waals surface area contributed by atoms with Gasteiger partial charge >= 0.3 is 0 Å². The molecule has 2 rings (SSSR count). The van der Waals surface area contributed by atoms with Gasteiger partial charge in [-0.05, 0) is 38.0 Å². The van der Waals surface area contributed by atoms with E-state index in [-0.39, 0.29) is 0 Å². The number of nitrogen functional groups attached to an aromatic ring is 1. The largest absolute Gasteiger partial charge is 0.396 e. The zero-order valence-corrected chi connectivity index (χ0v) is 13.2. The van der Waals surface area contributed by atoms with Gasteiger partial charge in [0.05, 0.1) is 0 Å². The molecule has 2 atom stereocenters. The summed E-state index contributed by atoms with van der Waals surface area (Å²) in [5.74, 6) is 3.17. The highest BCUT2D eigenvalue weighted by Gasteiger charge is 2.24. The lowest BCUT2D eigenvalue weighted by Gasteiger charge is -2.30. The van der Waals surface area contributed by atoms with Gasteiger partial charge < -0.3 is 16.2 Å². The third kappa shape index (κ3) is 4.06. The number of anilines is 2. The standard InChI is InChI=1S/C16H28N4O/c1-3-6-14-19-15(17)11(2)16(20-14)18-9-12-7-4-5-8-13(12)10-21/h12-13,21H,3-10H2,1-2H3,(H3,17,18,19,20). The van der Waals surface area contributed by atoms with Crippen molar-refractivity contribution in [2.45, 2.75) is 52.4 Å². The van der Waals surface area contributed by atoms with Crippen LogP contribution in [-0.4, -0.2) is 28.2 Å². The second-order valence-corrected chi connectivity index (χ2v) is 6.12. The first-order chi connectivity index (χ1) is 10.2. The second kappa shape index (κ2) is 7.59. The first kappa shape index (κ1) is 16.0. The van der Waals surface area contributed by atoms with Crippen LogP contribution in [0.2, 0.25) is 0 Å². The highest BCUT2D eigenvalue weighted by atomic mass is 16.3. The van der Waals surface area contributed by atoms with Gasteiger partial charge in [-0.25, -0.2) is 9.97 Å². The summed E-state index contributed by atoms with van der Waals surface area (Å²) < 4.78 is 0. The lowest BCUT2D eigenvalue weighted by atomic mass is 9.79. The first-order valence-corrected chi connectivity index (χ1v) is 8.13.